The van der Waals surface area contributed by atoms with Crippen LogP contribution in [0.4, 0.5) is 0 Å². The zero-order valence-corrected chi connectivity index (χ0v) is 13.4. The van der Waals surface area contributed by atoms with Crippen LogP contribution >= 0.6 is 10.7 Å². The highest BCUT2D eigenvalue weighted by atomic mass is 35.7. The molecule has 0 bridgehead atoms. The van der Waals surface area contributed by atoms with Crippen LogP contribution in [0.1, 0.15) is 17.4 Å². The Morgan fingerprint density at radius 3 is 2.62 bits per heavy atom. The van der Waals surface area contributed by atoms with Gasteiger partial charge in [0.1, 0.15) is 17.2 Å². The van der Waals surface area contributed by atoms with E-state index in [0.29, 0.717) is 19.8 Å². The number of hydrogen-bond donors (Lipinski definition) is 0. The topological polar surface area (TPSA) is 83.8 Å². The summed E-state index contributed by atoms with van der Waals surface area (Å²) in [5, 5.41) is 0. The van der Waals surface area contributed by atoms with Crippen molar-refractivity contribution in [1.29, 1.82) is 0 Å². The third-order valence-electron chi connectivity index (χ3n) is 2.56. The standard InChI is InChI=1S/C12H18ClNO6S/c1-3-19-6-7-20-12(15)11-8-10(21(13,16)17)9-14(11)4-5-18-2/h8-9H,3-7H2,1-2H3. The Bertz CT molecular complexity index is 568. The van der Waals surface area contributed by atoms with Gasteiger partial charge in [-0.1, -0.05) is 0 Å². The molecule has 0 atom stereocenters. The molecule has 0 aliphatic rings. The molecule has 0 radical (unpaired) electrons. The molecular weight excluding hydrogens is 322 g/mol. The van der Waals surface area contributed by atoms with Crippen LogP contribution in [-0.2, 0) is 29.8 Å². The van der Waals surface area contributed by atoms with Gasteiger partial charge in [-0.05, 0) is 13.0 Å². The van der Waals surface area contributed by atoms with Gasteiger partial charge in [-0.15, -0.1) is 0 Å². The third-order valence-corrected chi connectivity index (χ3v) is 3.88. The summed E-state index contributed by atoms with van der Waals surface area (Å²) >= 11 is 0. The van der Waals surface area contributed by atoms with Gasteiger partial charge in [-0.25, -0.2) is 13.2 Å². The number of halogens is 1. The summed E-state index contributed by atoms with van der Waals surface area (Å²) in [6.45, 7) is 3.34. The van der Waals surface area contributed by atoms with Crippen LogP contribution in [0.5, 0.6) is 0 Å². The quantitative estimate of drug-likeness (QED) is 0.382. The van der Waals surface area contributed by atoms with Crippen molar-refractivity contribution >= 4 is 25.7 Å². The zero-order chi connectivity index (χ0) is 15.9. The van der Waals surface area contributed by atoms with Gasteiger partial charge >= 0.3 is 5.97 Å². The molecule has 7 nitrogen and oxygen atoms in total. The average Bonchev–Trinajstić information content (AvgIpc) is 2.85. The minimum Gasteiger partial charge on any atom is -0.459 e. The van der Waals surface area contributed by atoms with Crippen molar-refractivity contribution in [3.05, 3.63) is 18.0 Å². The number of esters is 1. The second-order valence-corrected chi connectivity index (χ2v) is 6.58. The first-order chi connectivity index (χ1) is 9.90. The molecular formula is C12H18ClNO6S. The number of methoxy groups -OCH3 is 1. The van der Waals surface area contributed by atoms with E-state index < -0.39 is 15.0 Å². The lowest BCUT2D eigenvalue weighted by Crippen LogP contribution is -2.16. The Balaban J connectivity index is 2.86. The summed E-state index contributed by atoms with van der Waals surface area (Å²) < 4.78 is 39.1. The largest absolute Gasteiger partial charge is 0.459 e. The number of nitrogens with zero attached hydrogens (tertiary/aromatic N) is 1. The Morgan fingerprint density at radius 1 is 1.33 bits per heavy atom. The van der Waals surface area contributed by atoms with Crippen molar-refractivity contribution in [3.63, 3.8) is 0 Å². The van der Waals surface area contributed by atoms with Gasteiger partial charge in [0.15, 0.2) is 0 Å². The maximum Gasteiger partial charge on any atom is 0.355 e. The first kappa shape index (κ1) is 18.0. The van der Waals surface area contributed by atoms with Gasteiger partial charge in [0, 0.05) is 37.1 Å². The van der Waals surface area contributed by atoms with Crippen molar-refractivity contribution in [3.8, 4) is 0 Å². The molecule has 0 saturated heterocycles. The minimum absolute atomic E-state index is 0.0884. The van der Waals surface area contributed by atoms with E-state index >= 15 is 0 Å². The summed E-state index contributed by atoms with van der Waals surface area (Å²) in [5.74, 6) is -0.641. The second kappa shape index (κ2) is 8.38. The fourth-order valence-corrected chi connectivity index (χ4v) is 2.33. The molecule has 0 aliphatic heterocycles. The van der Waals surface area contributed by atoms with E-state index in [1.54, 1.807) is 0 Å². The van der Waals surface area contributed by atoms with Gasteiger partial charge in [-0.2, -0.15) is 0 Å². The van der Waals surface area contributed by atoms with Gasteiger partial charge < -0.3 is 18.8 Å². The van der Waals surface area contributed by atoms with E-state index in [1.165, 1.54) is 23.9 Å². The highest BCUT2D eigenvalue weighted by Gasteiger charge is 2.20. The van der Waals surface area contributed by atoms with E-state index in [0.717, 1.165) is 0 Å². The van der Waals surface area contributed by atoms with Crippen LogP contribution in [0.15, 0.2) is 17.2 Å². The smallest absolute Gasteiger partial charge is 0.355 e. The number of aromatic nitrogens is 1. The molecule has 21 heavy (non-hydrogen) atoms. The number of hydrogen-bond acceptors (Lipinski definition) is 6. The third kappa shape index (κ3) is 5.66. The second-order valence-electron chi connectivity index (χ2n) is 4.02. The van der Waals surface area contributed by atoms with E-state index in [9.17, 15) is 13.2 Å². The van der Waals surface area contributed by atoms with Crippen LogP contribution in [0, 0.1) is 0 Å². The van der Waals surface area contributed by atoms with Crippen molar-refractivity contribution < 1.29 is 27.4 Å². The molecule has 0 saturated carbocycles. The lowest BCUT2D eigenvalue weighted by molar-refractivity contribution is 0.0323. The number of rotatable bonds is 9. The van der Waals surface area contributed by atoms with E-state index in [4.69, 9.17) is 24.9 Å². The number of carbonyl (C=O) groups excluding carboxylic acids is 1. The maximum absolute atomic E-state index is 12.0. The Kier molecular flexibility index (Phi) is 7.16. The maximum atomic E-state index is 12.0. The molecule has 0 amide bonds. The molecule has 1 aromatic rings. The van der Waals surface area contributed by atoms with Crippen LogP contribution < -0.4 is 0 Å². The van der Waals surface area contributed by atoms with E-state index in [1.807, 2.05) is 6.92 Å². The van der Waals surface area contributed by atoms with Crippen molar-refractivity contribution in [2.45, 2.75) is 18.4 Å². The molecule has 120 valence electrons. The summed E-state index contributed by atoms with van der Waals surface area (Å²) in [6, 6.07) is 1.18. The summed E-state index contributed by atoms with van der Waals surface area (Å²) in [5.41, 5.74) is 0.0998. The Labute approximate surface area is 128 Å². The van der Waals surface area contributed by atoms with Crippen LogP contribution in [0.25, 0.3) is 0 Å². The molecule has 0 N–H and O–H groups in total. The molecule has 0 unspecified atom stereocenters. The van der Waals surface area contributed by atoms with Gasteiger partial charge in [0.2, 0.25) is 0 Å². The van der Waals surface area contributed by atoms with Crippen LogP contribution in [-0.4, -0.2) is 52.5 Å². The highest BCUT2D eigenvalue weighted by molar-refractivity contribution is 8.13. The Hall–Kier alpha value is -1.09. The fraction of sp³-hybridized carbons (Fsp3) is 0.583. The minimum atomic E-state index is -3.91. The summed E-state index contributed by atoms with van der Waals surface area (Å²) in [7, 11) is 2.87. The molecule has 0 fully saturated rings. The number of ether oxygens (including phenoxy) is 3. The predicted octanol–water partition coefficient (Wildman–Crippen LogP) is 1.26. The van der Waals surface area contributed by atoms with Crippen LogP contribution in [0.2, 0.25) is 0 Å². The first-order valence-electron chi connectivity index (χ1n) is 6.28. The van der Waals surface area contributed by atoms with Crippen molar-refractivity contribution in [2.24, 2.45) is 0 Å². The fourth-order valence-electron chi connectivity index (χ4n) is 1.57. The molecule has 0 spiro atoms. The van der Waals surface area contributed by atoms with Crippen molar-refractivity contribution in [2.75, 3.05) is 33.5 Å². The predicted molar refractivity (Wildman–Crippen MR) is 76.1 cm³/mol. The molecule has 1 aromatic heterocycles. The van der Waals surface area contributed by atoms with Crippen LogP contribution in [0.3, 0.4) is 0 Å². The monoisotopic (exact) mass is 339 g/mol. The van der Waals surface area contributed by atoms with Gasteiger partial charge in [0.05, 0.1) is 13.2 Å². The number of carbonyl (C=O) groups is 1. The zero-order valence-electron chi connectivity index (χ0n) is 11.9. The Morgan fingerprint density at radius 2 is 2.05 bits per heavy atom. The van der Waals surface area contributed by atoms with Gasteiger partial charge in [-0.3, -0.25) is 0 Å². The normalized spacial score (nSPS) is 11.6. The SMILES string of the molecule is CCOCCOC(=O)c1cc(S(=O)(=O)Cl)cn1CCOC. The molecule has 0 aliphatic carbocycles. The van der Waals surface area contributed by atoms with E-state index in [2.05, 4.69) is 0 Å². The summed E-state index contributed by atoms with van der Waals surface area (Å²) in [6.07, 6.45) is 1.28. The highest BCUT2D eigenvalue weighted by Crippen LogP contribution is 2.19. The van der Waals surface area contributed by atoms with E-state index in [-0.39, 0.29) is 23.8 Å². The van der Waals surface area contributed by atoms with Gasteiger partial charge in [0.25, 0.3) is 9.05 Å². The molecule has 9 heteroatoms. The average molecular weight is 340 g/mol. The molecule has 0 aromatic carbocycles. The first-order valence-corrected chi connectivity index (χ1v) is 8.59. The molecule has 1 rings (SSSR count). The van der Waals surface area contributed by atoms with Crippen molar-refractivity contribution in [1.82, 2.24) is 4.57 Å². The molecule has 1 heterocycles. The lowest BCUT2D eigenvalue weighted by atomic mass is 10.4. The lowest BCUT2D eigenvalue weighted by Gasteiger charge is -2.08. The summed E-state index contributed by atoms with van der Waals surface area (Å²) in [4.78, 5) is 11.8.